The molecule has 0 saturated carbocycles. The van der Waals surface area contributed by atoms with Gasteiger partial charge in [0.25, 0.3) is 0 Å². The summed E-state index contributed by atoms with van der Waals surface area (Å²) in [6.45, 7) is 5.89. The first-order valence-corrected chi connectivity index (χ1v) is 12.3. The van der Waals surface area contributed by atoms with Gasteiger partial charge in [-0.05, 0) is 56.5 Å². The number of piperidine rings is 1. The standard InChI is InChI=1S/C24H33N3O3S/c1-5-26(18-20-8-10-22(11-9-20)25(3)4)24(28)21-14-16-27(17-15-21)31(29,30)23-12-6-19(2)7-13-23/h6-13,21H,5,14-18H2,1-4H3. The molecule has 31 heavy (non-hydrogen) atoms. The van der Waals surface area contributed by atoms with E-state index >= 15 is 0 Å². The van der Waals surface area contributed by atoms with Crippen LogP contribution >= 0.6 is 0 Å². The van der Waals surface area contributed by atoms with E-state index in [9.17, 15) is 13.2 Å². The molecule has 2 aromatic rings. The average molecular weight is 444 g/mol. The zero-order valence-electron chi connectivity index (χ0n) is 18.9. The lowest BCUT2D eigenvalue weighted by molar-refractivity contribution is -0.137. The van der Waals surface area contributed by atoms with Crippen molar-refractivity contribution in [3.8, 4) is 0 Å². The molecule has 3 rings (SSSR count). The largest absolute Gasteiger partial charge is 0.378 e. The second-order valence-electron chi connectivity index (χ2n) is 8.40. The molecule has 1 heterocycles. The number of carbonyl (C=O) groups is 1. The van der Waals surface area contributed by atoms with Crippen molar-refractivity contribution >= 4 is 21.6 Å². The maximum absolute atomic E-state index is 13.1. The number of hydrogen-bond donors (Lipinski definition) is 0. The third kappa shape index (κ3) is 5.46. The fraction of sp³-hybridized carbons (Fsp3) is 0.458. The maximum atomic E-state index is 13.1. The Morgan fingerprint density at radius 1 is 1.00 bits per heavy atom. The summed E-state index contributed by atoms with van der Waals surface area (Å²) >= 11 is 0. The Kier molecular flexibility index (Phi) is 7.38. The SMILES string of the molecule is CCN(Cc1ccc(N(C)C)cc1)C(=O)C1CCN(S(=O)(=O)c2ccc(C)cc2)CC1. The minimum atomic E-state index is -3.51. The molecule has 1 fully saturated rings. The second-order valence-corrected chi connectivity index (χ2v) is 10.3. The third-order valence-electron chi connectivity index (χ3n) is 5.98. The molecular weight excluding hydrogens is 410 g/mol. The van der Waals surface area contributed by atoms with Crippen molar-refractivity contribution < 1.29 is 13.2 Å². The molecule has 1 aliphatic rings. The van der Waals surface area contributed by atoms with E-state index in [2.05, 4.69) is 24.3 Å². The van der Waals surface area contributed by atoms with E-state index in [1.807, 2.05) is 49.9 Å². The van der Waals surface area contributed by atoms with Crippen molar-refractivity contribution in [1.82, 2.24) is 9.21 Å². The summed E-state index contributed by atoms with van der Waals surface area (Å²) in [7, 11) is 0.496. The summed E-state index contributed by atoms with van der Waals surface area (Å²) in [6, 6.07) is 15.2. The first-order chi connectivity index (χ1) is 14.7. The Labute approximate surface area is 186 Å². The van der Waals surface area contributed by atoms with E-state index in [1.54, 1.807) is 12.1 Å². The molecule has 168 valence electrons. The monoisotopic (exact) mass is 443 g/mol. The highest BCUT2D eigenvalue weighted by Gasteiger charge is 2.33. The van der Waals surface area contributed by atoms with E-state index in [1.165, 1.54) is 4.31 Å². The fourth-order valence-electron chi connectivity index (χ4n) is 3.93. The number of rotatable bonds is 7. The predicted molar refractivity (Wildman–Crippen MR) is 125 cm³/mol. The smallest absolute Gasteiger partial charge is 0.243 e. The molecule has 0 aliphatic carbocycles. The van der Waals surface area contributed by atoms with Crippen LogP contribution in [0.25, 0.3) is 0 Å². The van der Waals surface area contributed by atoms with Gasteiger partial charge in [0.2, 0.25) is 15.9 Å². The summed E-state index contributed by atoms with van der Waals surface area (Å²) in [5.74, 6) is -0.0166. The van der Waals surface area contributed by atoms with E-state index < -0.39 is 10.0 Å². The second kappa shape index (κ2) is 9.83. The van der Waals surface area contributed by atoms with Crippen molar-refractivity contribution in [2.45, 2.75) is 38.1 Å². The molecule has 0 bridgehead atoms. The molecule has 0 unspecified atom stereocenters. The molecule has 1 saturated heterocycles. The Morgan fingerprint density at radius 3 is 2.10 bits per heavy atom. The molecule has 0 radical (unpaired) electrons. The number of benzene rings is 2. The van der Waals surface area contributed by atoms with Gasteiger partial charge >= 0.3 is 0 Å². The van der Waals surface area contributed by atoms with Crippen molar-refractivity contribution in [1.29, 1.82) is 0 Å². The van der Waals surface area contributed by atoms with E-state index in [0.29, 0.717) is 43.9 Å². The van der Waals surface area contributed by atoms with E-state index in [0.717, 1.165) is 16.8 Å². The number of nitrogens with zero attached hydrogens (tertiary/aromatic N) is 3. The number of aryl methyl sites for hydroxylation is 1. The number of carbonyl (C=O) groups excluding carboxylic acids is 1. The van der Waals surface area contributed by atoms with Crippen LogP contribution in [-0.4, -0.2) is 57.3 Å². The van der Waals surface area contributed by atoms with Crippen LogP contribution in [0, 0.1) is 12.8 Å². The molecule has 7 heteroatoms. The zero-order chi connectivity index (χ0) is 22.6. The lowest BCUT2D eigenvalue weighted by atomic mass is 9.96. The van der Waals surface area contributed by atoms with Gasteiger partial charge in [-0.3, -0.25) is 4.79 Å². The molecule has 0 aromatic heterocycles. The van der Waals surface area contributed by atoms with Gasteiger partial charge in [0.15, 0.2) is 0 Å². The number of amides is 1. The van der Waals surface area contributed by atoms with Crippen LogP contribution in [-0.2, 0) is 21.4 Å². The van der Waals surface area contributed by atoms with Crippen LogP contribution in [0.3, 0.4) is 0 Å². The molecule has 1 amide bonds. The van der Waals surface area contributed by atoms with Gasteiger partial charge in [-0.2, -0.15) is 4.31 Å². The molecular formula is C24H33N3O3S. The highest BCUT2D eigenvalue weighted by molar-refractivity contribution is 7.89. The van der Waals surface area contributed by atoms with Gasteiger partial charge in [0.1, 0.15) is 0 Å². The normalized spacial score (nSPS) is 15.6. The lowest BCUT2D eigenvalue weighted by Gasteiger charge is -2.33. The average Bonchev–Trinajstić information content (AvgIpc) is 2.77. The van der Waals surface area contributed by atoms with Gasteiger partial charge in [-0.25, -0.2) is 8.42 Å². The first-order valence-electron chi connectivity index (χ1n) is 10.8. The summed E-state index contributed by atoms with van der Waals surface area (Å²) in [4.78, 5) is 17.4. The highest BCUT2D eigenvalue weighted by atomic mass is 32.2. The number of hydrogen-bond acceptors (Lipinski definition) is 4. The lowest BCUT2D eigenvalue weighted by Crippen LogP contribution is -2.44. The van der Waals surface area contributed by atoms with Crippen molar-refractivity contribution in [2.75, 3.05) is 38.6 Å². The first kappa shape index (κ1) is 23.3. The van der Waals surface area contributed by atoms with Crippen LogP contribution in [0.1, 0.15) is 30.9 Å². The van der Waals surface area contributed by atoms with Gasteiger partial charge in [-0.15, -0.1) is 0 Å². The van der Waals surface area contributed by atoms with Gasteiger partial charge in [0, 0.05) is 51.9 Å². The minimum Gasteiger partial charge on any atom is -0.378 e. The molecule has 0 spiro atoms. The molecule has 6 nitrogen and oxygen atoms in total. The predicted octanol–water partition coefficient (Wildman–Crippen LogP) is 3.51. The highest BCUT2D eigenvalue weighted by Crippen LogP contribution is 2.26. The quantitative estimate of drug-likeness (QED) is 0.657. The Balaban J connectivity index is 1.61. The molecule has 0 atom stereocenters. The zero-order valence-corrected chi connectivity index (χ0v) is 19.7. The molecule has 2 aromatic carbocycles. The van der Waals surface area contributed by atoms with Crippen LogP contribution in [0.4, 0.5) is 5.69 Å². The van der Waals surface area contributed by atoms with Crippen molar-refractivity contribution in [3.63, 3.8) is 0 Å². The van der Waals surface area contributed by atoms with Gasteiger partial charge in [-0.1, -0.05) is 29.8 Å². The summed E-state index contributed by atoms with van der Waals surface area (Å²) in [5, 5.41) is 0. The van der Waals surface area contributed by atoms with Crippen LogP contribution in [0.2, 0.25) is 0 Å². The van der Waals surface area contributed by atoms with Gasteiger partial charge < -0.3 is 9.80 Å². The summed E-state index contributed by atoms with van der Waals surface area (Å²) in [5.41, 5.74) is 3.25. The third-order valence-corrected chi connectivity index (χ3v) is 7.89. The van der Waals surface area contributed by atoms with E-state index in [-0.39, 0.29) is 11.8 Å². The molecule has 1 aliphatic heterocycles. The van der Waals surface area contributed by atoms with Gasteiger partial charge in [0.05, 0.1) is 4.90 Å². The van der Waals surface area contributed by atoms with Crippen LogP contribution in [0.5, 0.6) is 0 Å². The Bertz CT molecular complexity index is 978. The number of anilines is 1. The van der Waals surface area contributed by atoms with Crippen LogP contribution in [0.15, 0.2) is 53.4 Å². The van der Waals surface area contributed by atoms with Crippen molar-refractivity contribution in [2.24, 2.45) is 5.92 Å². The summed E-state index contributed by atoms with van der Waals surface area (Å²) in [6.07, 6.45) is 1.11. The Morgan fingerprint density at radius 2 is 1.58 bits per heavy atom. The fourth-order valence-corrected chi connectivity index (χ4v) is 5.40. The number of sulfonamides is 1. The Hall–Kier alpha value is -2.38. The maximum Gasteiger partial charge on any atom is 0.243 e. The minimum absolute atomic E-state index is 0.117. The van der Waals surface area contributed by atoms with Crippen LogP contribution < -0.4 is 4.90 Å². The van der Waals surface area contributed by atoms with E-state index in [4.69, 9.17) is 0 Å². The topological polar surface area (TPSA) is 60.9 Å². The summed E-state index contributed by atoms with van der Waals surface area (Å²) < 4.78 is 27.3. The molecule has 0 N–H and O–H groups in total. The van der Waals surface area contributed by atoms with Crippen molar-refractivity contribution in [3.05, 3.63) is 59.7 Å².